The first kappa shape index (κ1) is 15.0. The Morgan fingerprint density at radius 1 is 1.36 bits per heavy atom. The highest BCUT2D eigenvalue weighted by molar-refractivity contribution is 7.13. The molecule has 22 heavy (non-hydrogen) atoms. The predicted molar refractivity (Wildman–Crippen MR) is 87.5 cm³/mol. The second-order valence-electron chi connectivity index (χ2n) is 5.43. The second-order valence-corrected chi connectivity index (χ2v) is 6.33. The molecule has 0 unspecified atom stereocenters. The first-order chi connectivity index (χ1) is 10.6. The van der Waals surface area contributed by atoms with Crippen molar-refractivity contribution >= 4 is 28.1 Å². The minimum absolute atomic E-state index is 0.000859. The Bertz CT molecular complexity index is 610. The Labute approximate surface area is 133 Å². The molecular formula is C14H20N6OS. The molecule has 0 saturated carbocycles. The van der Waals surface area contributed by atoms with E-state index in [0.29, 0.717) is 11.7 Å². The molecule has 3 rings (SSSR count). The summed E-state index contributed by atoms with van der Waals surface area (Å²) >= 11 is 1.43. The number of carbonyl (C=O) groups excluding carboxylic acids is 1. The van der Waals surface area contributed by atoms with E-state index >= 15 is 0 Å². The van der Waals surface area contributed by atoms with Crippen LogP contribution in [0.15, 0.2) is 11.6 Å². The molecule has 0 bridgehead atoms. The predicted octanol–water partition coefficient (Wildman–Crippen LogP) is 1.24. The lowest BCUT2D eigenvalue weighted by Crippen LogP contribution is -2.49. The van der Waals surface area contributed by atoms with Crippen LogP contribution >= 0.6 is 11.3 Å². The summed E-state index contributed by atoms with van der Waals surface area (Å²) in [5, 5.41) is 12.6. The molecular weight excluding hydrogens is 300 g/mol. The van der Waals surface area contributed by atoms with Crippen LogP contribution in [-0.2, 0) is 4.79 Å². The van der Waals surface area contributed by atoms with Crippen molar-refractivity contribution in [3.63, 3.8) is 0 Å². The average molecular weight is 320 g/mol. The van der Waals surface area contributed by atoms with E-state index in [1.165, 1.54) is 17.0 Å². The molecule has 0 aromatic carbocycles. The largest absolute Gasteiger partial charge is 0.366 e. The number of nitrogens with one attached hydrogen (secondary N) is 2. The van der Waals surface area contributed by atoms with E-state index in [0.717, 1.165) is 37.6 Å². The fourth-order valence-electron chi connectivity index (χ4n) is 2.79. The van der Waals surface area contributed by atoms with Crippen LogP contribution in [-0.4, -0.2) is 58.7 Å². The topological polar surface area (TPSA) is 77.2 Å². The van der Waals surface area contributed by atoms with Crippen molar-refractivity contribution in [2.24, 2.45) is 0 Å². The molecule has 118 valence electrons. The zero-order valence-corrected chi connectivity index (χ0v) is 13.6. The molecule has 0 aliphatic carbocycles. The fraction of sp³-hybridized carbons (Fsp3) is 0.500. The van der Waals surface area contributed by atoms with Crippen LogP contribution in [0.3, 0.4) is 0 Å². The lowest BCUT2D eigenvalue weighted by Gasteiger charge is -2.35. The highest BCUT2D eigenvalue weighted by atomic mass is 32.1. The summed E-state index contributed by atoms with van der Waals surface area (Å²) in [4.78, 5) is 20.6. The number of aryl methyl sites for hydroxylation is 2. The van der Waals surface area contributed by atoms with Gasteiger partial charge in [-0.25, -0.2) is 4.98 Å². The summed E-state index contributed by atoms with van der Waals surface area (Å²) in [6, 6.07) is 0. The van der Waals surface area contributed by atoms with E-state index < -0.39 is 0 Å². The molecule has 0 spiro atoms. The third-order valence-electron chi connectivity index (χ3n) is 3.82. The fourth-order valence-corrected chi connectivity index (χ4v) is 3.33. The SMILES string of the molecule is Cc1n[nH]c(C)c1N1CCN(CC(=O)Nc2nccs2)CC1. The van der Waals surface area contributed by atoms with E-state index in [2.05, 4.69) is 30.3 Å². The van der Waals surface area contributed by atoms with Gasteiger partial charge in [0.25, 0.3) is 0 Å². The van der Waals surface area contributed by atoms with Crippen LogP contribution in [0, 0.1) is 13.8 Å². The summed E-state index contributed by atoms with van der Waals surface area (Å²) in [5.41, 5.74) is 3.34. The molecule has 1 aliphatic rings. The smallest absolute Gasteiger partial charge is 0.240 e. The lowest BCUT2D eigenvalue weighted by atomic mass is 10.2. The van der Waals surface area contributed by atoms with Crippen LogP contribution in [0.4, 0.5) is 10.8 Å². The number of thiazole rings is 1. The van der Waals surface area contributed by atoms with Gasteiger partial charge in [0.2, 0.25) is 5.91 Å². The molecule has 0 atom stereocenters. The summed E-state index contributed by atoms with van der Waals surface area (Å²) in [6.45, 7) is 8.04. The number of rotatable bonds is 4. The first-order valence-electron chi connectivity index (χ1n) is 7.31. The van der Waals surface area contributed by atoms with E-state index in [9.17, 15) is 4.79 Å². The third-order valence-corrected chi connectivity index (χ3v) is 4.51. The quantitative estimate of drug-likeness (QED) is 0.886. The van der Waals surface area contributed by atoms with Crippen molar-refractivity contribution in [2.45, 2.75) is 13.8 Å². The van der Waals surface area contributed by atoms with Crippen molar-refractivity contribution in [3.05, 3.63) is 23.0 Å². The molecule has 7 nitrogen and oxygen atoms in total. The second kappa shape index (κ2) is 6.45. The number of anilines is 2. The normalized spacial score (nSPS) is 16.0. The van der Waals surface area contributed by atoms with E-state index in [1.54, 1.807) is 6.20 Å². The van der Waals surface area contributed by atoms with Gasteiger partial charge in [-0.3, -0.25) is 14.8 Å². The van der Waals surface area contributed by atoms with Crippen molar-refractivity contribution < 1.29 is 4.79 Å². The molecule has 2 N–H and O–H groups in total. The van der Waals surface area contributed by atoms with Gasteiger partial charge in [0.05, 0.1) is 23.6 Å². The maximum Gasteiger partial charge on any atom is 0.240 e. The number of nitrogens with zero attached hydrogens (tertiary/aromatic N) is 4. The molecule has 1 saturated heterocycles. The van der Waals surface area contributed by atoms with Crippen LogP contribution in [0.5, 0.6) is 0 Å². The van der Waals surface area contributed by atoms with Crippen LogP contribution in [0.1, 0.15) is 11.4 Å². The van der Waals surface area contributed by atoms with Crippen LogP contribution < -0.4 is 10.2 Å². The molecule has 2 aromatic rings. The first-order valence-corrected chi connectivity index (χ1v) is 8.19. The molecule has 0 radical (unpaired) electrons. The van der Waals surface area contributed by atoms with Gasteiger partial charge in [-0.05, 0) is 13.8 Å². The van der Waals surface area contributed by atoms with Gasteiger partial charge in [0.1, 0.15) is 0 Å². The van der Waals surface area contributed by atoms with Gasteiger partial charge in [-0.15, -0.1) is 11.3 Å². The maximum atomic E-state index is 12.0. The summed E-state index contributed by atoms with van der Waals surface area (Å²) in [6.07, 6.45) is 1.69. The highest BCUT2D eigenvalue weighted by Crippen LogP contribution is 2.23. The molecule has 1 amide bonds. The van der Waals surface area contributed by atoms with Gasteiger partial charge in [-0.2, -0.15) is 5.10 Å². The number of hydrogen-bond acceptors (Lipinski definition) is 6. The van der Waals surface area contributed by atoms with Gasteiger partial charge in [0.15, 0.2) is 5.13 Å². The Balaban J connectivity index is 1.50. The number of carbonyl (C=O) groups is 1. The third kappa shape index (κ3) is 3.28. The number of hydrogen-bond donors (Lipinski definition) is 2. The van der Waals surface area contributed by atoms with Gasteiger partial charge in [0, 0.05) is 37.8 Å². The van der Waals surface area contributed by atoms with E-state index in [1.807, 2.05) is 19.2 Å². The minimum Gasteiger partial charge on any atom is -0.366 e. The molecule has 2 aromatic heterocycles. The highest BCUT2D eigenvalue weighted by Gasteiger charge is 2.22. The standard InChI is InChI=1S/C14H20N6OS/c1-10-13(11(2)18-17-10)20-6-4-19(5-7-20)9-12(21)16-14-15-3-8-22-14/h3,8H,4-7,9H2,1-2H3,(H,17,18)(H,15,16,21). The summed E-state index contributed by atoms with van der Waals surface area (Å²) < 4.78 is 0. The molecule has 8 heteroatoms. The van der Waals surface area contributed by atoms with Crippen molar-refractivity contribution in [1.29, 1.82) is 0 Å². The zero-order chi connectivity index (χ0) is 15.5. The molecule has 1 aliphatic heterocycles. The average Bonchev–Trinajstić information content (AvgIpc) is 3.10. The van der Waals surface area contributed by atoms with Crippen molar-refractivity contribution in [3.8, 4) is 0 Å². The van der Waals surface area contributed by atoms with Crippen LogP contribution in [0.2, 0.25) is 0 Å². The Morgan fingerprint density at radius 3 is 2.73 bits per heavy atom. The number of aromatic nitrogens is 3. The molecule has 3 heterocycles. The van der Waals surface area contributed by atoms with Crippen molar-refractivity contribution in [1.82, 2.24) is 20.1 Å². The maximum absolute atomic E-state index is 12.0. The summed E-state index contributed by atoms with van der Waals surface area (Å²) in [5.74, 6) is -0.000859. The lowest BCUT2D eigenvalue weighted by molar-refractivity contribution is -0.117. The van der Waals surface area contributed by atoms with Crippen LogP contribution in [0.25, 0.3) is 0 Å². The number of amides is 1. The van der Waals surface area contributed by atoms with Crippen molar-refractivity contribution in [2.75, 3.05) is 42.9 Å². The minimum atomic E-state index is -0.000859. The molecule has 1 fully saturated rings. The Morgan fingerprint density at radius 2 is 2.14 bits per heavy atom. The Kier molecular flexibility index (Phi) is 4.39. The van der Waals surface area contributed by atoms with Gasteiger partial charge >= 0.3 is 0 Å². The number of aromatic amines is 1. The van der Waals surface area contributed by atoms with E-state index in [-0.39, 0.29) is 5.91 Å². The van der Waals surface area contributed by atoms with Gasteiger partial charge < -0.3 is 10.2 Å². The number of H-pyrrole nitrogens is 1. The summed E-state index contributed by atoms with van der Waals surface area (Å²) in [7, 11) is 0. The zero-order valence-electron chi connectivity index (χ0n) is 12.8. The van der Waals surface area contributed by atoms with E-state index in [4.69, 9.17) is 0 Å². The van der Waals surface area contributed by atoms with Gasteiger partial charge in [-0.1, -0.05) is 0 Å². The number of piperazine rings is 1. The monoisotopic (exact) mass is 320 g/mol. The Hall–Kier alpha value is -1.93.